The topological polar surface area (TPSA) is 114 Å². The van der Waals surface area contributed by atoms with Gasteiger partial charge in [0.15, 0.2) is 11.2 Å². The highest BCUT2D eigenvalue weighted by Crippen LogP contribution is 2.43. The van der Waals surface area contributed by atoms with Gasteiger partial charge in [0.25, 0.3) is 0 Å². The van der Waals surface area contributed by atoms with Crippen molar-refractivity contribution in [3.63, 3.8) is 0 Å². The van der Waals surface area contributed by atoms with Gasteiger partial charge in [0, 0.05) is 13.2 Å². The quantitative estimate of drug-likeness (QED) is 0.427. The van der Waals surface area contributed by atoms with Crippen molar-refractivity contribution in [2.75, 3.05) is 32.5 Å². The third-order valence-corrected chi connectivity index (χ3v) is 5.40. The Balaban J connectivity index is 1.51. The fraction of sp³-hybridized carbons (Fsp3) is 0.389. The zero-order valence-corrected chi connectivity index (χ0v) is 17.1. The van der Waals surface area contributed by atoms with E-state index in [1.807, 2.05) is 31.2 Å². The minimum atomic E-state index is -2.86. The van der Waals surface area contributed by atoms with Crippen LogP contribution in [0.15, 0.2) is 30.6 Å². The fourth-order valence-electron chi connectivity index (χ4n) is 2.57. The summed E-state index contributed by atoms with van der Waals surface area (Å²) in [5, 5.41) is 0. The number of aryl methyl sites for hydroxylation is 1. The number of methoxy groups -OCH3 is 1. The van der Waals surface area contributed by atoms with Gasteiger partial charge in [-0.1, -0.05) is 29.8 Å². The van der Waals surface area contributed by atoms with Crippen molar-refractivity contribution in [1.29, 1.82) is 0 Å². The number of imidazole rings is 1. The maximum absolute atomic E-state index is 12.5. The van der Waals surface area contributed by atoms with Crippen LogP contribution in [0.5, 0.6) is 5.88 Å². The van der Waals surface area contributed by atoms with Crippen molar-refractivity contribution in [1.82, 2.24) is 19.5 Å². The molecule has 0 amide bonds. The van der Waals surface area contributed by atoms with Gasteiger partial charge in [-0.3, -0.25) is 4.57 Å². The minimum Gasteiger partial charge on any atom is -0.479 e. The van der Waals surface area contributed by atoms with Gasteiger partial charge in [-0.2, -0.15) is 9.97 Å². The van der Waals surface area contributed by atoms with E-state index in [9.17, 15) is 4.57 Å². The summed E-state index contributed by atoms with van der Waals surface area (Å²) in [6.45, 7) is 4.67. The van der Waals surface area contributed by atoms with Crippen molar-refractivity contribution in [3.05, 3.63) is 41.7 Å². The first kappa shape index (κ1) is 20.3. The van der Waals surface area contributed by atoms with Crippen LogP contribution < -0.4 is 10.5 Å². The number of fused-ring (bicyclic) bond motifs is 1. The summed E-state index contributed by atoms with van der Waals surface area (Å²) in [5.74, 6) is 0.430. The molecule has 3 aromatic rings. The molecular weight excluding hydrogens is 381 g/mol. The third-order valence-electron chi connectivity index (χ3n) is 4.07. The Kier molecular flexibility index (Phi) is 6.28. The predicted molar refractivity (Wildman–Crippen MR) is 107 cm³/mol. The number of aromatic nitrogens is 4. The standard InChI is InChI=1S/C18H24N5O4P/c1-13-4-6-14(7-5-13)10-27-28(3,24)12-26-9-8-23-11-20-15-16(23)21-18(19)22-17(15)25-2/h4-7,11H,8-10,12H2,1-3H3,(H2,19,21,22). The summed E-state index contributed by atoms with van der Waals surface area (Å²) in [6.07, 6.45) is 1.65. The Labute approximate surface area is 163 Å². The highest BCUT2D eigenvalue weighted by Gasteiger charge is 2.17. The van der Waals surface area contributed by atoms with Gasteiger partial charge in [-0.15, -0.1) is 0 Å². The van der Waals surface area contributed by atoms with Crippen molar-refractivity contribution >= 4 is 24.5 Å². The Morgan fingerprint density at radius 1 is 1.21 bits per heavy atom. The predicted octanol–water partition coefficient (Wildman–Crippen LogP) is 2.82. The van der Waals surface area contributed by atoms with Crippen LogP contribution in [0.1, 0.15) is 11.1 Å². The number of nitrogen functional groups attached to an aromatic ring is 1. The number of anilines is 1. The second kappa shape index (κ2) is 8.68. The van der Waals surface area contributed by atoms with E-state index in [1.54, 1.807) is 17.6 Å². The van der Waals surface area contributed by atoms with E-state index in [2.05, 4.69) is 15.0 Å². The normalized spacial score (nSPS) is 13.5. The molecule has 1 atom stereocenters. The molecule has 1 aromatic carbocycles. The minimum absolute atomic E-state index is 0.0337. The van der Waals surface area contributed by atoms with E-state index in [-0.39, 0.29) is 12.3 Å². The van der Waals surface area contributed by atoms with E-state index in [0.717, 1.165) is 5.56 Å². The number of hydrogen-bond acceptors (Lipinski definition) is 8. The molecule has 0 saturated carbocycles. The Hall–Kier alpha value is -2.48. The maximum atomic E-state index is 12.5. The van der Waals surface area contributed by atoms with Crippen molar-refractivity contribution in [3.8, 4) is 5.88 Å². The summed E-state index contributed by atoms with van der Waals surface area (Å²) in [7, 11) is -1.36. The lowest BCUT2D eigenvalue weighted by Gasteiger charge is -2.14. The highest BCUT2D eigenvalue weighted by atomic mass is 31.2. The van der Waals surface area contributed by atoms with Crippen LogP contribution in [0.2, 0.25) is 0 Å². The smallest absolute Gasteiger partial charge is 0.246 e. The van der Waals surface area contributed by atoms with Crippen molar-refractivity contribution in [2.45, 2.75) is 20.1 Å². The second-order valence-electron chi connectivity index (χ2n) is 6.51. The van der Waals surface area contributed by atoms with Gasteiger partial charge in [0.2, 0.25) is 19.2 Å². The number of benzene rings is 1. The van der Waals surface area contributed by atoms with Crippen LogP contribution in [0.4, 0.5) is 5.95 Å². The fourth-order valence-corrected chi connectivity index (χ4v) is 3.52. The molecule has 2 heterocycles. The van der Waals surface area contributed by atoms with Gasteiger partial charge in [0.1, 0.15) is 6.35 Å². The molecule has 150 valence electrons. The number of ether oxygens (including phenoxy) is 2. The first-order valence-electron chi connectivity index (χ1n) is 8.74. The Morgan fingerprint density at radius 2 is 1.96 bits per heavy atom. The summed E-state index contributed by atoms with van der Waals surface area (Å²) in [4.78, 5) is 12.4. The average Bonchev–Trinajstić information content (AvgIpc) is 3.07. The van der Waals surface area contributed by atoms with Crippen LogP contribution in [0.25, 0.3) is 11.2 Å². The van der Waals surface area contributed by atoms with E-state index in [1.165, 1.54) is 12.7 Å². The lowest BCUT2D eigenvalue weighted by atomic mass is 10.2. The lowest BCUT2D eigenvalue weighted by Crippen LogP contribution is -2.08. The van der Waals surface area contributed by atoms with Crippen LogP contribution in [0.3, 0.4) is 0 Å². The molecule has 0 aliphatic carbocycles. The zero-order valence-electron chi connectivity index (χ0n) is 16.2. The SMILES string of the molecule is COc1nc(N)nc2c1ncn2CCOCP(C)(=O)OCc1ccc(C)cc1. The highest BCUT2D eigenvalue weighted by molar-refractivity contribution is 7.57. The number of hydrogen-bond donors (Lipinski definition) is 1. The molecule has 0 radical (unpaired) electrons. The molecule has 0 saturated heterocycles. The molecule has 1 unspecified atom stereocenters. The van der Waals surface area contributed by atoms with Crippen LogP contribution in [-0.2, 0) is 27.0 Å². The first-order chi connectivity index (χ1) is 13.4. The van der Waals surface area contributed by atoms with Crippen molar-refractivity contribution in [2.24, 2.45) is 0 Å². The molecule has 0 spiro atoms. The monoisotopic (exact) mass is 405 g/mol. The summed E-state index contributed by atoms with van der Waals surface area (Å²) >= 11 is 0. The van der Waals surface area contributed by atoms with Gasteiger partial charge < -0.3 is 24.3 Å². The molecule has 0 aliphatic heterocycles. The Bertz CT molecular complexity index is 990. The summed E-state index contributed by atoms with van der Waals surface area (Å²) in [6, 6.07) is 7.91. The molecule has 2 N–H and O–H groups in total. The van der Waals surface area contributed by atoms with Gasteiger partial charge in [-0.25, -0.2) is 4.98 Å². The van der Waals surface area contributed by atoms with Crippen molar-refractivity contribution < 1.29 is 18.6 Å². The molecule has 9 nitrogen and oxygen atoms in total. The summed E-state index contributed by atoms with van der Waals surface area (Å²) in [5.41, 5.74) is 8.93. The molecule has 3 rings (SSSR count). The van der Waals surface area contributed by atoms with Gasteiger partial charge in [0.05, 0.1) is 26.7 Å². The van der Waals surface area contributed by atoms with E-state index >= 15 is 0 Å². The lowest BCUT2D eigenvalue weighted by molar-refractivity contribution is 0.153. The Morgan fingerprint density at radius 3 is 2.68 bits per heavy atom. The molecule has 10 heteroatoms. The second-order valence-corrected chi connectivity index (χ2v) is 9.06. The van der Waals surface area contributed by atoms with E-state index < -0.39 is 7.37 Å². The maximum Gasteiger partial charge on any atom is 0.246 e. The molecular formula is C18H24N5O4P. The molecule has 0 aliphatic rings. The molecule has 0 bridgehead atoms. The van der Waals surface area contributed by atoms with E-state index in [4.69, 9.17) is 19.7 Å². The van der Waals surface area contributed by atoms with Gasteiger partial charge >= 0.3 is 0 Å². The largest absolute Gasteiger partial charge is 0.479 e. The third kappa shape index (κ3) is 5.07. The van der Waals surface area contributed by atoms with Crippen LogP contribution in [0, 0.1) is 6.92 Å². The first-order valence-corrected chi connectivity index (χ1v) is 11.0. The zero-order chi connectivity index (χ0) is 20.1. The van der Waals surface area contributed by atoms with Crippen LogP contribution in [-0.4, -0.2) is 46.2 Å². The van der Waals surface area contributed by atoms with Crippen LogP contribution >= 0.6 is 7.37 Å². The number of rotatable bonds is 9. The molecule has 0 fully saturated rings. The number of nitrogens with zero attached hydrogens (tertiary/aromatic N) is 4. The van der Waals surface area contributed by atoms with Gasteiger partial charge in [-0.05, 0) is 12.5 Å². The molecule has 2 aromatic heterocycles. The molecule has 28 heavy (non-hydrogen) atoms. The summed E-state index contributed by atoms with van der Waals surface area (Å²) < 4.78 is 30.6. The average molecular weight is 405 g/mol. The number of nitrogens with two attached hydrogens (primary N) is 1. The van der Waals surface area contributed by atoms with E-state index in [0.29, 0.717) is 36.8 Å².